The third-order valence-electron chi connectivity index (χ3n) is 4.60. The molecule has 4 fully saturated rings. The molecule has 0 aromatic heterocycles. The quantitative estimate of drug-likeness (QED) is 0.549. The lowest BCUT2D eigenvalue weighted by Gasteiger charge is -2.58. The van der Waals surface area contributed by atoms with Crippen molar-refractivity contribution in [3.05, 3.63) is 0 Å². The van der Waals surface area contributed by atoms with E-state index in [-0.39, 0.29) is 0 Å². The van der Waals surface area contributed by atoms with E-state index >= 15 is 0 Å². The summed E-state index contributed by atoms with van der Waals surface area (Å²) in [6.45, 7) is 7.01. The molecule has 0 aromatic carbocycles. The standard InChI is InChI=1S/C13H23BrOSi/c1-16(2,3)15-12-10-4-9-5-11(12)8-13(14,6-9)7-10/h9-12H,4-8H2,1-3H3. The molecule has 4 saturated carbocycles. The van der Waals surface area contributed by atoms with Crippen molar-refractivity contribution in [1.29, 1.82) is 0 Å². The van der Waals surface area contributed by atoms with E-state index < -0.39 is 8.32 Å². The summed E-state index contributed by atoms with van der Waals surface area (Å²) >= 11 is 4.02. The SMILES string of the molecule is C[Si](C)(C)OC1C2CC3CC1CC(Br)(C3)C2. The number of alkyl halides is 1. The van der Waals surface area contributed by atoms with E-state index in [1.165, 1.54) is 32.1 Å². The lowest BCUT2D eigenvalue weighted by Crippen LogP contribution is -2.57. The Morgan fingerprint density at radius 2 is 1.62 bits per heavy atom. The maximum Gasteiger partial charge on any atom is 0.184 e. The summed E-state index contributed by atoms with van der Waals surface area (Å²) in [6.07, 6.45) is 7.66. The van der Waals surface area contributed by atoms with E-state index in [1.54, 1.807) is 0 Å². The third kappa shape index (κ3) is 2.03. The Hall–Kier alpha value is 0.657. The highest BCUT2D eigenvalue weighted by atomic mass is 79.9. The van der Waals surface area contributed by atoms with Gasteiger partial charge < -0.3 is 4.43 Å². The minimum Gasteiger partial charge on any atom is -0.414 e. The van der Waals surface area contributed by atoms with Crippen LogP contribution >= 0.6 is 15.9 Å². The lowest BCUT2D eigenvalue weighted by atomic mass is 9.55. The van der Waals surface area contributed by atoms with Crippen LogP contribution in [-0.2, 0) is 4.43 Å². The topological polar surface area (TPSA) is 9.23 Å². The number of rotatable bonds is 2. The van der Waals surface area contributed by atoms with Crippen molar-refractivity contribution in [3.8, 4) is 0 Å². The second-order valence-electron chi connectivity index (χ2n) is 7.32. The van der Waals surface area contributed by atoms with Gasteiger partial charge >= 0.3 is 0 Å². The summed E-state index contributed by atoms with van der Waals surface area (Å²) in [5.41, 5.74) is 0. The van der Waals surface area contributed by atoms with Crippen LogP contribution in [0.15, 0.2) is 0 Å². The van der Waals surface area contributed by atoms with Gasteiger partial charge in [0.25, 0.3) is 0 Å². The van der Waals surface area contributed by atoms with E-state index in [1.807, 2.05) is 0 Å². The monoisotopic (exact) mass is 302 g/mol. The minimum atomic E-state index is -1.36. The Kier molecular flexibility index (Phi) is 2.62. The van der Waals surface area contributed by atoms with Gasteiger partial charge in [-0.1, -0.05) is 15.9 Å². The number of hydrogen-bond acceptors (Lipinski definition) is 1. The molecule has 3 heteroatoms. The van der Waals surface area contributed by atoms with Gasteiger partial charge in [0, 0.05) is 4.32 Å². The highest BCUT2D eigenvalue weighted by Gasteiger charge is 2.55. The fourth-order valence-corrected chi connectivity index (χ4v) is 6.97. The fourth-order valence-electron chi connectivity index (χ4n) is 4.48. The van der Waals surface area contributed by atoms with Gasteiger partial charge in [0.1, 0.15) is 0 Å². The molecule has 1 nitrogen and oxygen atoms in total. The Morgan fingerprint density at radius 3 is 2.06 bits per heavy atom. The summed E-state index contributed by atoms with van der Waals surface area (Å²) in [6, 6.07) is 0. The molecule has 0 aliphatic heterocycles. The maximum atomic E-state index is 6.48. The Labute approximate surface area is 109 Å². The van der Waals surface area contributed by atoms with Crippen LogP contribution in [0.4, 0.5) is 0 Å². The van der Waals surface area contributed by atoms with Crippen LogP contribution in [0, 0.1) is 17.8 Å². The van der Waals surface area contributed by atoms with E-state index in [4.69, 9.17) is 4.43 Å². The van der Waals surface area contributed by atoms with E-state index in [0.29, 0.717) is 10.4 Å². The normalized spacial score (nSPS) is 51.0. The average molecular weight is 303 g/mol. The summed E-state index contributed by atoms with van der Waals surface area (Å²) in [7, 11) is -1.36. The Morgan fingerprint density at radius 1 is 1.06 bits per heavy atom. The third-order valence-corrected chi connectivity index (χ3v) is 6.55. The largest absolute Gasteiger partial charge is 0.414 e. The van der Waals surface area contributed by atoms with Crippen molar-refractivity contribution < 1.29 is 4.43 Å². The van der Waals surface area contributed by atoms with Crippen LogP contribution < -0.4 is 0 Å². The molecule has 0 amide bonds. The molecule has 2 atom stereocenters. The summed E-state index contributed by atoms with van der Waals surface area (Å²) in [5, 5.41) is 0. The van der Waals surface area contributed by atoms with Crippen molar-refractivity contribution in [1.82, 2.24) is 0 Å². The first kappa shape index (κ1) is 11.7. The van der Waals surface area contributed by atoms with Crippen molar-refractivity contribution in [2.45, 2.75) is 62.2 Å². The molecule has 4 aliphatic rings. The molecule has 4 aliphatic carbocycles. The second kappa shape index (κ2) is 3.58. The first-order chi connectivity index (χ1) is 7.35. The van der Waals surface area contributed by atoms with Gasteiger partial charge in [-0.3, -0.25) is 0 Å². The van der Waals surface area contributed by atoms with Gasteiger partial charge in [-0.25, -0.2) is 0 Å². The predicted molar refractivity (Wildman–Crippen MR) is 73.4 cm³/mol. The molecule has 16 heavy (non-hydrogen) atoms. The van der Waals surface area contributed by atoms with Gasteiger partial charge in [0.15, 0.2) is 8.32 Å². The van der Waals surface area contributed by atoms with Gasteiger partial charge in [0.05, 0.1) is 6.10 Å². The van der Waals surface area contributed by atoms with Gasteiger partial charge in [-0.15, -0.1) is 0 Å². The maximum absolute atomic E-state index is 6.48. The number of halogens is 1. The van der Waals surface area contributed by atoms with Crippen LogP contribution in [0.3, 0.4) is 0 Å². The Bertz CT molecular complexity index is 283. The second-order valence-corrected chi connectivity index (χ2v) is 13.5. The van der Waals surface area contributed by atoms with Crippen molar-refractivity contribution in [3.63, 3.8) is 0 Å². The highest BCUT2D eigenvalue weighted by Crippen LogP contribution is 2.60. The van der Waals surface area contributed by atoms with Crippen LogP contribution in [0.5, 0.6) is 0 Å². The molecular formula is C13H23BrOSi. The zero-order chi connectivity index (χ0) is 11.6. The smallest absolute Gasteiger partial charge is 0.184 e. The van der Waals surface area contributed by atoms with E-state index in [0.717, 1.165) is 17.8 Å². The van der Waals surface area contributed by atoms with Crippen LogP contribution in [0.2, 0.25) is 19.6 Å². The van der Waals surface area contributed by atoms with Crippen LogP contribution in [0.1, 0.15) is 32.1 Å². The van der Waals surface area contributed by atoms with E-state index in [2.05, 4.69) is 35.6 Å². The molecular weight excluding hydrogens is 280 g/mol. The molecule has 0 aromatic rings. The summed E-state index contributed by atoms with van der Waals surface area (Å²) in [4.78, 5) is 0. The van der Waals surface area contributed by atoms with Gasteiger partial charge in [-0.05, 0) is 69.5 Å². The van der Waals surface area contributed by atoms with Crippen LogP contribution in [-0.4, -0.2) is 18.7 Å². The average Bonchev–Trinajstić information content (AvgIpc) is 2.06. The molecule has 0 spiro atoms. The van der Waals surface area contributed by atoms with Crippen molar-refractivity contribution in [2.24, 2.45) is 17.8 Å². The molecule has 0 radical (unpaired) electrons. The summed E-state index contributed by atoms with van der Waals surface area (Å²) < 4.78 is 6.98. The molecule has 0 saturated heterocycles. The van der Waals surface area contributed by atoms with Crippen molar-refractivity contribution >= 4 is 24.2 Å². The van der Waals surface area contributed by atoms with Gasteiger partial charge in [-0.2, -0.15) is 0 Å². The van der Waals surface area contributed by atoms with Crippen molar-refractivity contribution in [2.75, 3.05) is 0 Å². The molecule has 0 N–H and O–H groups in total. The first-order valence-electron chi connectivity index (χ1n) is 6.71. The molecule has 2 unspecified atom stereocenters. The summed E-state index contributed by atoms with van der Waals surface area (Å²) in [5.74, 6) is 2.72. The lowest BCUT2D eigenvalue weighted by molar-refractivity contribution is -0.0699. The highest BCUT2D eigenvalue weighted by molar-refractivity contribution is 9.10. The minimum absolute atomic E-state index is 0.503. The predicted octanol–water partition coefficient (Wildman–Crippen LogP) is 4.18. The molecule has 92 valence electrons. The molecule has 0 heterocycles. The first-order valence-corrected chi connectivity index (χ1v) is 10.9. The van der Waals surface area contributed by atoms with Crippen LogP contribution in [0.25, 0.3) is 0 Å². The molecule has 4 bridgehead atoms. The zero-order valence-electron chi connectivity index (χ0n) is 10.6. The van der Waals surface area contributed by atoms with Gasteiger partial charge in [0.2, 0.25) is 0 Å². The molecule has 4 rings (SSSR count). The fraction of sp³-hybridized carbons (Fsp3) is 1.00. The Balaban J connectivity index is 1.79. The van der Waals surface area contributed by atoms with E-state index in [9.17, 15) is 0 Å². The number of hydrogen-bond donors (Lipinski definition) is 0. The zero-order valence-corrected chi connectivity index (χ0v) is 13.2.